The SMILES string of the molecule is O=C(CN1CCN(Cc2ccco2)CC1)NC1CCCC1. The molecule has 5 heteroatoms. The first-order chi connectivity index (χ1) is 10.3. The Morgan fingerprint density at radius 3 is 2.57 bits per heavy atom. The van der Waals surface area contributed by atoms with Crippen molar-refractivity contribution < 1.29 is 9.21 Å². The van der Waals surface area contributed by atoms with Gasteiger partial charge in [-0.3, -0.25) is 14.6 Å². The van der Waals surface area contributed by atoms with E-state index in [0.717, 1.165) is 51.3 Å². The van der Waals surface area contributed by atoms with Crippen LogP contribution in [0.4, 0.5) is 0 Å². The minimum Gasteiger partial charge on any atom is -0.468 e. The van der Waals surface area contributed by atoms with Crippen LogP contribution < -0.4 is 5.32 Å². The molecule has 1 aromatic heterocycles. The van der Waals surface area contributed by atoms with Crippen LogP contribution in [-0.2, 0) is 11.3 Å². The number of nitrogens with zero attached hydrogens (tertiary/aromatic N) is 2. The first-order valence-electron chi connectivity index (χ1n) is 8.06. The van der Waals surface area contributed by atoms with E-state index in [1.807, 2.05) is 12.1 Å². The summed E-state index contributed by atoms with van der Waals surface area (Å²) in [7, 11) is 0. The zero-order valence-corrected chi connectivity index (χ0v) is 12.6. The summed E-state index contributed by atoms with van der Waals surface area (Å²) >= 11 is 0. The Hall–Kier alpha value is -1.33. The molecule has 0 spiro atoms. The molecule has 1 aliphatic heterocycles. The van der Waals surface area contributed by atoms with Crippen molar-refractivity contribution in [3.05, 3.63) is 24.2 Å². The Bertz CT molecular complexity index is 432. The molecule has 2 heterocycles. The van der Waals surface area contributed by atoms with Gasteiger partial charge in [0.2, 0.25) is 5.91 Å². The summed E-state index contributed by atoms with van der Waals surface area (Å²) in [5.41, 5.74) is 0. The van der Waals surface area contributed by atoms with Gasteiger partial charge in [-0.1, -0.05) is 12.8 Å². The highest BCUT2D eigenvalue weighted by molar-refractivity contribution is 5.78. The Kier molecular flexibility index (Phi) is 4.93. The lowest BCUT2D eigenvalue weighted by molar-refractivity contribution is -0.123. The van der Waals surface area contributed by atoms with Gasteiger partial charge in [-0.05, 0) is 25.0 Å². The lowest BCUT2D eigenvalue weighted by Gasteiger charge is -2.33. The predicted octanol–water partition coefficient (Wildman–Crippen LogP) is 1.46. The quantitative estimate of drug-likeness (QED) is 0.892. The average molecular weight is 291 g/mol. The van der Waals surface area contributed by atoms with E-state index in [1.165, 1.54) is 12.8 Å². The Balaban J connectivity index is 1.36. The van der Waals surface area contributed by atoms with Gasteiger partial charge < -0.3 is 9.73 Å². The summed E-state index contributed by atoms with van der Waals surface area (Å²) < 4.78 is 5.38. The van der Waals surface area contributed by atoms with Gasteiger partial charge in [-0.25, -0.2) is 0 Å². The molecule has 1 saturated heterocycles. The second-order valence-electron chi connectivity index (χ2n) is 6.18. The second kappa shape index (κ2) is 7.09. The summed E-state index contributed by atoms with van der Waals surface area (Å²) in [6.07, 6.45) is 6.55. The van der Waals surface area contributed by atoms with Crippen LogP contribution in [0.1, 0.15) is 31.4 Å². The molecule has 0 aromatic carbocycles. The lowest BCUT2D eigenvalue weighted by atomic mass is 10.2. The van der Waals surface area contributed by atoms with Crippen LogP contribution in [0.3, 0.4) is 0 Å². The maximum Gasteiger partial charge on any atom is 0.234 e. The van der Waals surface area contributed by atoms with Gasteiger partial charge in [0.1, 0.15) is 5.76 Å². The average Bonchev–Trinajstić information content (AvgIpc) is 3.14. The maximum atomic E-state index is 12.0. The number of carbonyl (C=O) groups is 1. The number of carbonyl (C=O) groups excluding carboxylic acids is 1. The summed E-state index contributed by atoms with van der Waals surface area (Å²) in [5, 5.41) is 3.16. The van der Waals surface area contributed by atoms with Crippen LogP contribution in [-0.4, -0.2) is 54.5 Å². The molecule has 0 bridgehead atoms. The smallest absolute Gasteiger partial charge is 0.234 e. The van der Waals surface area contributed by atoms with E-state index in [1.54, 1.807) is 6.26 Å². The zero-order chi connectivity index (χ0) is 14.5. The molecule has 0 radical (unpaired) electrons. The molecule has 116 valence electrons. The molecular weight excluding hydrogens is 266 g/mol. The van der Waals surface area contributed by atoms with Gasteiger partial charge in [0.05, 0.1) is 19.4 Å². The van der Waals surface area contributed by atoms with Gasteiger partial charge in [0, 0.05) is 32.2 Å². The molecule has 2 aliphatic rings. The third-order valence-electron chi connectivity index (χ3n) is 4.51. The molecule has 0 unspecified atom stereocenters. The van der Waals surface area contributed by atoms with Gasteiger partial charge >= 0.3 is 0 Å². The van der Waals surface area contributed by atoms with Crippen LogP contribution in [0.25, 0.3) is 0 Å². The number of furan rings is 1. The minimum absolute atomic E-state index is 0.196. The van der Waals surface area contributed by atoms with Crippen LogP contribution in [0.15, 0.2) is 22.8 Å². The van der Waals surface area contributed by atoms with Crippen LogP contribution in [0.5, 0.6) is 0 Å². The first-order valence-corrected chi connectivity index (χ1v) is 8.06. The number of hydrogen-bond donors (Lipinski definition) is 1. The van der Waals surface area contributed by atoms with Gasteiger partial charge in [-0.15, -0.1) is 0 Å². The van der Waals surface area contributed by atoms with Gasteiger partial charge in [0.25, 0.3) is 0 Å². The fourth-order valence-electron chi connectivity index (χ4n) is 3.28. The molecule has 21 heavy (non-hydrogen) atoms. The van der Waals surface area contributed by atoms with Crippen molar-refractivity contribution in [2.24, 2.45) is 0 Å². The Morgan fingerprint density at radius 2 is 1.90 bits per heavy atom. The van der Waals surface area contributed by atoms with E-state index in [9.17, 15) is 4.79 Å². The van der Waals surface area contributed by atoms with E-state index in [0.29, 0.717) is 12.6 Å². The molecule has 1 saturated carbocycles. The van der Waals surface area contributed by atoms with E-state index in [2.05, 4.69) is 15.1 Å². The molecular formula is C16H25N3O2. The first kappa shape index (κ1) is 14.6. The topological polar surface area (TPSA) is 48.7 Å². The fourth-order valence-corrected chi connectivity index (χ4v) is 3.28. The second-order valence-corrected chi connectivity index (χ2v) is 6.18. The lowest BCUT2D eigenvalue weighted by Crippen LogP contribution is -2.49. The summed E-state index contributed by atoms with van der Waals surface area (Å²) in [6, 6.07) is 4.37. The molecule has 1 aliphatic carbocycles. The molecule has 5 nitrogen and oxygen atoms in total. The zero-order valence-electron chi connectivity index (χ0n) is 12.6. The highest BCUT2D eigenvalue weighted by Gasteiger charge is 2.22. The standard InChI is InChI=1S/C16H25N3O2/c20-16(17-14-4-1-2-5-14)13-19-9-7-18(8-10-19)12-15-6-3-11-21-15/h3,6,11,14H,1-2,4-5,7-10,12-13H2,(H,17,20). The number of hydrogen-bond acceptors (Lipinski definition) is 4. The summed E-state index contributed by atoms with van der Waals surface area (Å²) in [6.45, 7) is 5.33. The molecule has 1 amide bonds. The number of piperazine rings is 1. The van der Waals surface area contributed by atoms with Crippen molar-refractivity contribution >= 4 is 5.91 Å². The Labute approximate surface area is 126 Å². The predicted molar refractivity (Wildman–Crippen MR) is 80.8 cm³/mol. The number of amides is 1. The maximum absolute atomic E-state index is 12.0. The van der Waals surface area contributed by atoms with E-state index in [4.69, 9.17) is 4.42 Å². The van der Waals surface area contributed by atoms with E-state index in [-0.39, 0.29) is 5.91 Å². The van der Waals surface area contributed by atoms with E-state index >= 15 is 0 Å². The normalized spacial score (nSPS) is 21.7. The summed E-state index contributed by atoms with van der Waals surface area (Å²) in [5.74, 6) is 1.21. The van der Waals surface area contributed by atoms with E-state index < -0.39 is 0 Å². The van der Waals surface area contributed by atoms with Crippen molar-refractivity contribution in [1.29, 1.82) is 0 Å². The van der Waals surface area contributed by atoms with Crippen molar-refractivity contribution in [1.82, 2.24) is 15.1 Å². The molecule has 1 N–H and O–H groups in total. The van der Waals surface area contributed by atoms with Crippen molar-refractivity contribution in [2.45, 2.75) is 38.3 Å². The van der Waals surface area contributed by atoms with Crippen molar-refractivity contribution in [2.75, 3.05) is 32.7 Å². The monoisotopic (exact) mass is 291 g/mol. The third-order valence-corrected chi connectivity index (χ3v) is 4.51. The molecule has 1 aromatic rings. The highest BCUT2D eigenvalue weighted by atomic mass is 16.3. The number of rotatable bonds is 5. The van der Waals surface area contributed by atoms with Gasteiger partial charge in [0.15, 0.2) is 0 Å². The summed E-state index contributed by atoms with van der Waals surface area (Å²) in [4.78, 5) is 16.7. The Morgan fingerprint density at radius 1 is 1.19 bits per heavy atom. The largest absolute Gasteiger partial charge is 0.468 e. The molecule has 3 rings (SSSR count). The van der Waals surface area contributed by atoms with Gasteiger partial charge in [-0.2, -0.15) is 0 Å². The molecule has 2 fully saturated rings. The van der Waals surface area contributed by atoms with Crippen LogP contribution in [0, 0.1) is 0 Å². The minimum atomic E-state index is 0.196. The third kappa shape index (κ3) is 4.32. The van der Waals surface area contributed by atoms with Crippen molar-refractivity contribution in [3.8, 4) is 0 Å². The van der Waals surface area contributed by atoms with Crippen LogP contribution in [0.2, 0.25) is 0 Å². The molecule has 0 atom stereocenters. The van der Waals surface area contributed by atoms with Crippen LogP contribution >= 0.6 is 0 Å². The highest BCUT2D eigenvalue weighted by Crippen LogP contribution is 2.17. The van der Waals surface area contributed by atoms with Crippen molar-refractivity contribution in [3.63, 3.8) is 0 Å². The number of nitrogens with one attached hydrogen (secondary N) is 1. The fraction of sp³-hybridized carbons (Fsp3) is 0.688.